The van der Waals surface area contributed by atoms with Crippen LogP contribution in [0.2, 0.25) is 0 Å². The Morgan fingerprint density at radius 3 is 2.67 bits per heavy atom. The second kappa shape index (κ2) is 5.70. The molecule has 2 rings (SSSR count). The predicted octanol–water partition coefficient (Wildman–Crippen LogP) is 2.73. The summed E-state index contributed by atoms with van der Waals surface area (Å²) < 4.78 is 0. The molecule has 1 saturated carbocycles. The van der Waals surface area contributed by atoms with Crippen LogP contribution < -0.4 is 10.2 Å². The summed E-state index contributed by atoms with van der Waals surface area (Å²) in [6, 6.07) is 4.91. The Balaban J connectivity index is 2.21. The van der Waals surface area contributed by atoms with Gasteiger partial charge in [-0.25, -0.2) is 4.98 Å². The molecule has 0 unspecified atom stereocenters. The number of anilines is 1. The molecule has 0 aromatic carbocycles. The zero-order valence-electron chi connectivity index (χ0n) is 12.0. The average Bonchev–Trinajstić information content (AvgIpc) is 3.08. The van der Waals surface area contributed by atoms with E-state index in [1.807, 2.05) is 7.05 Å². The van der Waals surface area contributed by atoms with Crippen LogP contribution in [-0.2, 0) is 6.54 Å². The summed E-state index contributed by atoms with van der Waals surface area (Å²) in [5.74, 6) is 2.03. The van der Waals surface area contributed by atoms with Crippen molar-refractivity contribution >= 4 is 5.82 Å². The smallest absolute Gasteiger partial charge is 0.129 e. The van der Waals surface area contributed by atoms with E-state index >= 15 is 0 Å². The number of nitrogens with zero attached hydrogens (tertiary/aromatic N) is 2. The number of hydrogen-bond donors (Lipinski definition) is 1. The molecule has 3 heteroatoms. The summed E-state index contributed by atoms with van der Waals surface area (Å²) in [6.07, 6.45) is 2.77. The third-order valence-electron chi connectivity index (χ3n) is 3.45. The largest absolute Gasteiger partial charge is 0.354 e. The van der Waals surface area contributed by atoms with E-state index in [1.54, 1.807) is 0 Å². The number of pyridine rings is 1. The Hall–Kier alpha value is -1.09. The number of aromatic nitrogens is 1. The molecule has 0 atom stereocenters. The molecule has 1 N–H and O–H groups in total. The molecule has 0 bridgehead atoms. The first-order valence-corrected chi connectivity index (χ1v) is 6.99. The van der Waals surface area contributed by atoms with E-state index < -0.39 is 0 Å². The fraction of sp³-hybridized carbons (Fsp3) is 0.667. The SMILES string of the molecule is CNCc1cc(C)nc(N(CC2CC2)C(C)C)c1. The molecule has 1 heterocycles. The summed E-state index contributed by atoms with van der Waals surface area (Å²) in [5, 5.41) is 3.21. The van der Waals surface area contributed by atoms with Crippen molar-refractivity contribution in [2.24, 2.45) is 5.92 Å². The molecule has 1 aliphatic rings. The van der Waals surface area contributed by atoms with Gasteiger partial charge in [0.15, 0.2) is 0 Å². The van der Waals surface area contributed by atoms with Gasteiger partial charge in [0.05, 0.1) is 0 Å². The van der Waals surface area contributed by atoms with Crippen LogP contribution in [0.1, 0.15) is 37.9 Å². The predicted molar refractivity (Wildman–Crippen MR) is 76.9 cm³/mol. The lowest BCUT2D eigenvalue weighted by molar-refractivity contribution is 0.635. The highest BCUT2D eigenvalue weighted by molar-refractivity contribution is 5.43. The van der Waals surface area contributed by atoms with Gasteiger partial charge in [0.2, 0.25) is 0 Å². The molecule has 1 aliphatic carbocycles. The van der Waals surface area contributed by atoms with Crippen LogP contribution in [0.4, 0.5) is 5.82 Å². The van der Waals surface area contributed by atoms with Crippen LogP contribution >= 0.6 is 0 Å². The molecular formula is C15H25N3. The van der Waals surface area contributed by atoms with Crippen molar-refractivity contribution in [3.05, 3.63) is 23.4 Å². The maximum atomic E-state index is 4.72. The van der Waals surface area contributed by atoms with Gasteiger partial charge in [0.25, 0.3) is 0 Å². The minimum Gasteiger partial charge on any atom is -0.354 e. The number of hydrogen-bond acceptors (Lipinski definition) is 3. The quantitative estimate of drug-likeness (QED) is 0.838. The first-order chi connectivity index (χ1) is 8.60. The lowest BCUT2D eigenvalue weighted by Gasteiger charge is -2.28. The third-order valence-corrected chi connectivity index (χ3v) is 3.45. The molecule has 1 aromatic rings. The van der Waals surface area contributed by atoms with E-state index in [9.17, 15) is 0 Å². The van der Waals surface area contributed by atoms with Crippen LogP contribution in [0.5, 0.6) is 0 Å². The Morgan fingerprint density at radius 2 is 2.11 bits per heavy atom. The van der Waals surface area contributed by atoms with Gasteiger partial charge in [-0.1, -0.05) is 0 Å². The van der Waals surface area contributed by atoms with Gasteiger partial charge in [-0.3, -0.25) is 0 Å². The fourth-order valence-corrected chi connectivity index (χ4v) is 2.32. The third kappa shape index (κ3) is 3.45. The van der Waals surface area contributed by atoms with E-state index in [-0.39, 0.29) is 0 Å². The van der Waals surface area contributed by atoms with Crippen molar-refractivity contribution in [1.82, 2.24) is 10.3 Å². The van der Waals surface area contributed by atoms with Crippen molar-refractivity contribution in [3.8, 4) is 0 Å². The molecule has 0 radical (unpaired) electrons. The monoisotopic (exact) mass is 247 g/mol. The molecule has 3 nitrogen and oxygen atoms in total. The Bertz CT molecular complexity index is 397. The lowest BCUT2D eigenvalue weighted by atomic mass is 10.2. The van der Waals surface area contributed by atoms with Crippen LogP contribution in [-0.4, -0.2) is 24.6 Å². The molecule has 0 amide bonds. The van der Waals surface area contributed by atoms with Gasteiger partial charge in [-0.2, -0.15) is 0 Å². The highest BCUT2D eigenvalue weighted by atomic mass is 15.2. The van der Waals surface area contributed by atoms with Crippen molar-refractivity contribution in [3.63, 3.8) is 0 Å². The second-order valence-electron chi connectivity index (χ2n) is 5.69. The van der Waals surface area contributed by atoms with Gasteiger partial charge in [0.1, 0.15) is 5.82 Å². The number of aryl methyl sites for hydroxylation is 1. The number of nitrogens with one attached hydrogen (secondary N) is 1. The topological polar surface area (TPSA) is 28.2 Å². The van der Waals surface area contributed by atoms with Crippen molar-refractivity contribution in [2.45, 2.75) is 46.2 Å². The summed E-state index contributed by atoms with van der Waals surface area (Å²) >= 11 is 0. The van der Waals surface area contributed by atoms with E-state index in [0.29, 0.717) is 6.04 Å². The molecule has 0 spiro atoms. The van der Waals surface area contributed by atoms with Gasteiger partial charge in [-0.15, -0.1) is 0 Å². The molecular weight excluding hydrogens is 222 g/mol. The van der Waals surface area contributed by atoms with Crippen LogP contribution in [0, 0.1) is 12.8 Å². The molecule has 0 aliphatic heterocycles. The molecule has 1 aromatic heterocycles. The zero-order chi connectivity index (χ0) is 13.1. The highest BCUT2D eigenvalue weighted by Crippen LogP contribution is 2.32. The zero-order valence-corrected chi connectivity index (χ0v) is 12.0. The molecule has 100 valence electrons. The Kier molecular flexibility index (Phi) is 4.23. The van der Waals surface area contributed by atoms with E-state index in [0.717, 1.165) is 30.5 Å². The summed E-state index contributed by atoms with van der Waals surface area (Å²) in [6.45, 7) is 8.66. The normalized spacial score (nSPS) is 15.2. The van der Waals surface area contributed by atoms with Crippen LogP contribution in [0.25, 0.3) is 0 Å². The summed E-state index contributed by atoms with van der Waals surface area (Å²) in [7, 11) is 1.99. The Morgan fingerprint density at radius 1 is 1.39 bits per heavy atom. The highest BCUT2D eigenvalue weighted by Gasteiger charge is 2.26. The van der Waals surface area contributed by atoms with Crippen molar-refractivity contribution in [2.75, 3.05) is 18.5 Å². The minimum atomic E-state index is 0.516. The van der Waals surface area contributed by atoms with E-state index in [4.69, 9.17) is 4.98 Å². The average molecular weight is 247 g/mol. The Labute approximate surface area is 111 Å². The summed E-state index contributed by atoms with van der Waals surface area (Å²) in [5.41, 5.74) is 2.43. The van der Waals surface area contributed by atoms with Gasteiger partial charge in [-0.05, 0) is 64.3 Å². The van der Waals surface area contributed by atoms with Crippen LogP contribution in [0.15, 0.2) is 12.1 Å². The maximum Gasteiger partial charge on any atom is 0.129 e. The minimum absolute atomic E-state index is 0.516. The summed E-state index contributed by atoms with van der Waals surface area (Å²) in [4.78, 5) is 7.16. The van der Waals surface area contributed by atoms with Gasteiger partial charge in [0, 0.05) is 24.8 Å². The lowest BCUT2D eigenvalue weighted by Crippen LogP contribution is -2.33. The van der Waals surface area contributed by atoms with Gasteiger partial charge >= 0.3 is 0 Å². The fourth-order valence-electron chi connectivity index (χ4n) is 2.32. The molecule has 1 fully saturated rings. The van der Waals surface area contributed by atoms with Crippen molar-refractivity contribution in [1.29, 1.82) is 0 Å². The number of rotatable bonds is 6. The second-order valence-corrected chi connectivity index (χ2v) is 5.69. The molecule has 18 heavy (non-hydrogen) atoms. The van der Waals surface area contributed by atoms with Crippen molar-refractivity contribution < 1.29 is 0 Å². The first kappa shape index (κ1) is 13.3. The van der Waals surface area contributed by atoms with E-state index in [2.05, 4.69) is 43.1 Å². The first-order valence-electron chi connectivity index (χ1n) is 6.99. The molecule has 0 saturated heterocycles. The standard InChI is InChI=1S/C15H25N3/c1-11(2)18(10-13-5-6-13)15-8-14(9-16-4)7-12(3)17-15/h7-8,11,13,16H,5-6,9-10H2,1-4H3. The van der Waals surface area contributed by atoms with Crippen LogP contribution in [0.3, 0.4) is 0 Å². The van der Waals surface area contributed by atoms with E-state index in [1.165, 1.54) is 18.4 Å². The maximum absolute atomic E-state index is 4.72. The van der Waals surface area contributed by atoms with Gasteiger partial charge < -0.3 is 10.2 Å².